The molecule has 0 radical (unpaired) electrons. The molecule has 3 N–H and O–H groups in total. The van der Waals surface area contributed by atoms with Crippen LogP contribution in [-0.4, -0.2) is 69.0 Å². The molecule has 0 aliphatic carbocycles. The predicted octanol–water partition coefficient (Wildman–Crippen LogP) is 2.33. The fourth-order valence-electron chi connectivity index (χ4n) is 3.25. The maximum atomic E-state index is 10.7. The summed E-state index contributed by atoms with van der Waals surface area (Å²) in [4.78, 5) is 7.03. The van der Waals surface area contributed by atoms with Gasteiger partial charge >= 0.3 is 0 Å². The zero-order valence-electron chi connectivity index (χ0n) is 17.7. The lowest BCUT2D eigenvalue weighted by Crippen LogP contribution is -2.44. The van der Waals surface area contributed by atoms with Gasteiger partial charge in [-0.15, -0.1) is 24.0 Å². The topological polar surface area (TPSA) is 82.3 Å². The quantitative estimate of drug-likeness (QED) is 0.270. The van der Waals surface area contributed by atoms with Crippen LogP contribution in [0, 0.1) is 12.8 Å². The van der Waals surface area contributed by atoms with Gasteiger partial charge in [-0.3, -0.25) is 0 Å². The van der Waals surface area contributed by atoms with Crippen molar-refractivity contribution >= 4 is 29.9 Å². The number of aliphatic hydroxyl groups is 1. The number of aliphatic imine (C=N–C) groups is 1. The van der Waals surface area contributed by atoms with Crippen LogP contribution in [0.2, 0.25) is 0 Å². The van der Waals surface area contributed by atoms with Gasteiger partial charge < -0.3 is 29.8 Å². The first-order valence-electron chi connectivity index (χ1n) is 9.97. The summed E-state index contributed by atoms with van der Waals surface area (Å²) in [6, 6.07) is 3.67. The minimum Gasteiger partial charge on any atom is -0.463 e. The van der Waals surface area contributed by atoms with Gasteiger partial charge in [-0.2, -0.15) is 0 Å². The predicted molar refractivity (Wildman–Crippen MR) is 123 cm³/mol. The van der Waals surface area contributed by atoms with Crippen molar-refractivity contribution in [1.29, 1.82) is 0 Å². The van der Waals surface area contributed by atoms with E-state index in [9.17, 15) is 5.11 Å². The first-order valence-corrected chi connectivity index (χ1v) is 9.97. The molecule has 1 aromatic rings. The average molecular weight is 508 g/mol. The molecule has 1 fully saturated rings. The summed E-state index contributed by atoms with van der Waals surface area (Å²) in [6.45, 7) is 11.6. The first kappa shape index (κ1) is 25.2. The lowest BCUT2D eigenvalue weighted by molar-refractivity contribution is 0.0428. The number of hydrogen-bond donors (Lipinski definition) is 3. The van der Waals surface area contributed by atoms with Gasteiger partial charge in [0.25, 0.3) is 0 Å². The highest BCUT2D eigenvalue weighted by molar-refractivity contribution is 14.0. The Balaban J connectivity index is 0.00000392. The standard InChI is InChI=1S/C20H36N4O3.HI/c1-5-21-19(23-15-20(3,25)18-7-6-16(2)27-18)22-14-17-8-10-24(11-9-17)12-13-26-4;/h6-7,17,25H,5,8-15H2,1-4H3,(H2,21,22,23);1H. The summed E-state index contributed by atoms with van der Waals surface area (Å²) in [5.41, 5.74) is -1.12. The Bertz CT molecular complexity index is 584. The molecule has 0 bridgehead atoms. The average Bonchev–Trinajstić information content (AvgIpc) is 3.10. The number of ether oxygens (including phenoxy) is 1. The molecule has 0 spiro atoms. The summed E-state index contributed by atoms with van der Waals surface area (Å²) in [6.07, 6.45) is 2.36. The van der Waals surface area contributed by atoms with Crippen molar-refractivity contribution in [2.24, 2.45) is 10.9 Å². The lowest BCUT2D eigenvalue weighted by Gasteiger charge is -2.32. The number of rotatable bonds is 9. The highest BCUT2D eigenvalue weighted by Gasteiger charge is 2.27. The van der Waals surface area contributed by atoms with Gasteiger partial charge in [-0.1, -0.05) is 0 Å². The number of nitrogens with one attached hydrogen (secondary N) is 2. The number of aryl methyl sites for hydroxylation is 1. The summed E-state index contributed by atoms with van der Waals surface area (Å²) in [5.74, 6) is 2.71. The van der Waals surface area contributed by atoms with Crippen molar-refractivity contribution in [3.8, 4) is 0 Å². The van der Waals surface area contributed by atoms with Gasteiger partial charge in [0.2, 0.25) is 0 Å². The number of guanidine groups is 1. The van der Waals surface area contributed by atoms with Crippen molar-refractivity contribution in [3.05, 3.63) is 23.7 Å². The van der Waals surface area contributed by atoms with Crippen LogP contribution in [0.15, 0.2) is 21.5 Å². The smallest absolute Gasteiger partial charge is 0.191 e. The number of halogens is 1. The van der Waals surface area contributed by atoms with Crippen LogP contribution < -0.4 is 10.6 Å². The molecule has 1 atom stereocenters. The number of furan rings is 1. The van der Waals surface area contributed by atoms with Gasteiger partial charge in [0, 0.05) is 26.7 Å². The molecular formula is C20H37IN4O3. The Morgan fingerprint density at radius 3 is 2.64 bits per heavy atom. The van der Waals surface area contributed by atoms with E-state index in [1.165, 1.54) is 12.8 Å². The van der Waals surface area contributed by atoms with E-state index < -0.39 is 5.60 Å². The van der Waals surface area contributed by atoms with Crippen molar-refractivity contribution < 1.29 is 14.3 Å². The number of piperidine rings is 1. The Kier molecular flexibility index (Phi) is 11.4. The summed E-state index contributed by atoms with van der Waals surface area (Å²) >= 11 is 0. The number of nitrogens with zero attached hydrogens (tertiary/aromatic N) is 2. The molecule has 162 valence electrons. The second kappa shape index (κ2) is 12.7. The Morgan fingerprint density at radius 1 is 1.36 bits per heavy atom. The molecule has 1 aromatic heterocycles. The highest BCUT2D eigenvalue weighted by Crippen LogP contribution is 2.23. The van der Waals surface area contributed by atoms with Gasteiger partial charge in [0.05, 0.1) is 13.2 Å². The SMILES string of the molecule is CCNC(=NCC(C)(O)c1ccc(C)o1)NCC1CCN(CCOC)CC1.I. The minimum absolute atomic E-state index is 0. The minimum atomic E-state index is -1.12. The monoisotopic (exact) mass is 508 g/mol. The van der Waals surface area contributed by atoms with Crippen LogP contribution in [0.4, 0.5) is 0 Å². The lowest BCUT2D eigenvalue weighted by atomic mass is 9.97. The van der Waals surface area contributed by atoms with Crippen LogP contribution in [0.1, 0.15) is 38.2 Å². The molecule has 1 aliphatic rings. The molecule has 7 nitrogen and oxygen atoms in total. The van der Waals surface area contributed by atoms with Crippen molar-refractivity contribution in [1.82, 2.24) is 15.5 Å². The molecule has 0 saturated carbocycles. The summed E-state index contributed by atoms with van der Waals surface area (Å²) in [7, 11) is 1.75. The maximum absolute atomic E-state index is 10.7. The highest BCUT2D eigenvalue weighted by atomic mass is 127. The molecular weight excluding hydrogens is 471 g/mol. The third-order valence-electron chi connectivity index (χ3n) is 5.04. The fourth-order valence-corrected chi connectivity index (χ4v) is 3.25. The van der Waals surface area contributed by atoms with Crippen molar-refractivity contribution in [2.45, 2.75) is 39.2 Å². The second-order valence-corrected chi connectivity index (χ2v) is 7.54. The van der Waals surface area contributed by atoms with Crippen LogP contribution >= 0.6 is 24.0 Å². The van der Waals surface area contributed by atoms with Crippen molar-refractivity contribution in [2.75, 3.05) is 53.0 Å². The van der Waals surface area contributed by atoms with E-state index in [1.54, 1.807) is 14.0 Å². The molecule has 1 saturated heterocycles. The van der Waals surface area contributed by atoms with Gasteiger partial charge in [-0.25, -0.2) is 4.99 Å². The molecule has 8 heteroatoms. The summed E-state index contributed by atoms with van der Waals surface area (Å²) < 4.78 is 10.7. The Labute approximate surface area is 186 Å². The van der Waals surface area contributed by atoms with Crippen LogP contribution in [-0.2, 0) is 10.3 Å². The molecule has 1 unspecified atom stereocenters. The molecule has 28 heavy (non-hydrogen) atoms. The summed E-state index contributed by atoms with van der Waals surface area (Å²) in [5, 5.41) is 17.4. The van der Waals surface area contributed by atoms with Gasteiger partial charge in [-0.05, 0) is 64.8 Å². The third-order valence-corrected chi connectivity index (χ3v) is 5.04. The number of hydrogen-bond acceptors (Lipinski definition) is 5. The maximum Gasteiger partial charge on any atom is 0.191 e. The fraction of sp³-hybridized carbons (Fsp3) is 0.750. The van der Waals surface area contributed by atoms with Crippen LogP contribution in [0.3, 0.4) is 0 Å². The first-order chi connectivity index (χ1) is 12.9. The molecule has 2 heterocycles. The van der Waals surface area contributed by atoms with Gasteiger partial charge in [0.15, 0.2) is 5.96 Å². The van der Waals surface area contributed by atoms with Gasteiger partial charge in [0.1, 0.15) is 17.1 Å². The Hall–Kier alpha value is -0.840. The van der Waals surface area contributed by atoms with E-state index in [-0.39, 0.29) is 30.5 Å². The largest absolute Gasteiger partial charge is 0.463 e. The van der Waals surface area contributed by atoms with E-state index in [0.717, 1.165) is 51.1 Å². The van der Waals surface area contributed by atoms with E-state index >= 15 is 0 Å². The molecule has 2 rings (SSSR count). The van der Waals surface area contributed by atoms with E-state index in [1.807, 2.05) is 26.0 Å². The van der Waals surface area contributed by atoms with E-state index in [2.05, 4.69) is 20.5 Å². The number of methoxy groups -OCH3 is 1. The third kappa shape index (κ3) is 8.26. The molecule has 0 amide bonds. The van der Waals surface area contributed by atoms with Crippen molar-refractivity contribution in [3.63, 3.8) is 0 Å². The normalized spacial score (nSPS) is 18.4. The second-order valence-electron chi connectivity index (χ2n) is 7.54. The Morgan fingerprint density at radius 2 is 2.07 bits per heavy atom. The zero-order chi connectivity index (χ0) is 19.7. The van der Waals surface area contributed by atoms with E-state index in [0.29, 0.717) is 11.7 Å². The molecule has 1 aliphatic heterocycles. The molecule has 0 aromatic carbocycles. The number of likely N-dealkylation sites (tertiary alicyclic amines) is 1. The van der Waals surface area contributed by atoms with E-state index in [4.69, 9.17) is 9.15 Å². The van der Waals surface area contributed by atoms with Crippen LogP contribution in [0.5, 0.6) is 0 Å². The zero-order valence-corrected chi connectivity index (χ0v) is 20.0. The van der Waals surface area contributed by atoms with Crippen LogP contribution in [0.25, 0.3) is 0 Å².